The molecule has 8 heteroatoms. The first-order valence-electron chi connectivity index (χ1n) is 6.01. The standard InChI is InChI=1S/C10H18BN3O3S/c1-9-12-3-4-13(9)7-10-8-14(11(2)15)5-6-18(10,16)17/h3-4,10,15H,5-8H2,1-2H3/t10-/m0/s1. The first kappa shape index (κ1) is 13.6. The smallest absolute Gasteiger partial charge is 0.376 e. The fraction of sp³-hybridized carbons (Fsp3) is 0.700. The molecule has 0 radical (unpaired) electrons. The molecule has 0 aromatic carbocycles. The van der Waals surface area contributed by atoms with E-state index in [1.165, 1.54) is 0 Å². The predicted molar refractivity (Wildman–Crippen MR) is 69.9 cm³/mol. The molecule has 0 unspecified atom stereocenters. The highest BCUT2D eigenvalue weighted by Gasteiger charge is 2.35. The molecule has 2 heterocycles. The highest BCUT2D eigenvalue weighted by molar-refractivity contribution is 7.92. The topological polar surface area (TPSA) is 75.4 Å². The lowest BCUT2D eigenvalue weighted by molar-refractivity contribution is 0.349. The molecule has 6 nitrogen and oxygen atoms in total. The molecule has 0 bridgehead atoms. The van der Waals surface area contributed by atoms with Crippen molar-refractivity contribution in [2.45, 2.75) is 25.5 Å². The van der Waals surface area contributed by atoms with E-state index in [2.05, 4.69) is 4.98 Å². The first-order chi connectivity index (χ1) is 8.40. The third-order valence-electron chi connectivity index (χ3n) is 3.46. The number of rotatable bonds is 3. The number of imidazole rings is 1. The van der Waals surface area contributed by atoms with Crippen molar-refractivity contribution >= 4 is 16.9 Å². The van der Waals surface area contributed by atoms with Crippen molar-refractivity contribution < 1.29 is 13.4 Å². The second kappa shape index (κ2) is 5.03. The molecule has 1 fully saturated rings. The minimum absolute atomic E-state index is 0.107. The zero-order chi connectivity index (χ0) is 13.3. The molecule has 100 valence electrons. The van der Waals surface area contributed by atoms with Crippen LogP contribution in [0.15, 0.2) is 12.4 Å². The lowest BCUT2D eigenvalue weighted by atomic mass is 9.85. The average molecular weight is 271 g/mol. The van der Waals surface area contributed by atoms with Crippen LogP contribution in [0.2, 0.25) is 6.82 Å². The van der Waals surface area contributed by atoms with Crippen LogP contribution in [0, 0.1) is 6.92 Å². The summed E-state index contributed by atoms with van der Waals surface area (Å²) in [5, 5.41) is 9.08. The average Bonchev–Trinajstić information content (AvgIpc) is 2.67. The SMILES string of the molecule is CB(O)N1CCS(=O)(=O)[C@@H](Cn2ccnc2C)C1. The van der Waals surface area contributed by atoms with Gasteiger partial charge < -0.3 is 14.4 Å². The van der Waals surface area contributed by atoms with Crippen molar-refractivity contribution in [1.82, 2.24) is 14.4 Å². The van der Waals surface area contributed by atoms with E-state index >= 15 is 0 Å². The minimum atomic E-state index is -3.08. The lowest BCUT2D eigenvalue weighted by Crippen LogP contribution is -2.53. The van der Waals surface area contributed by atoms with Gasteiger partial charge in [-0.1, -0.05) is 0 Å². The van der Waals surface area contributed by atoms with Crippen LogP contribution in [0.4, 0.5) is 0 Å². The van der Waals surface area contributed by atoms with E-state index in [1.54, 1.807) is 24.0 Å². The Hall–Kier alpha value is -0.855. The highest BCUT2D eigenvalue weighted by Crippen LogP contribution is 2.16. The maximum absolute atomic E-state index is 12.0. The Labute approximate surface area is 108 Å². The molecule has 0 saturated carbocycles. The van der Waals surface area contributed by atoms with E-state index in [-0.39, 0.29) is 5.75 Å². The van der Waals surface area contributed by atoms with Crippen molar-refractivity contribution in [3.8, 4) is 0 Å². The Balaban J connectivity index is 2.15. The molecule has 18 heavy (non-hydrogen) atoms. The van der Waals surface area contributed by atoms with E-state index < -0.39 is 22.1 Å². The number of hydrogen-bond donors (Lipinski definition) is 1. The maximum Gasteiger partial charge on any atom is 0.376 e. The summed E-state index contributed by atoms with van der Waals surface area (Å²) in [6.45, 7) is 4.69. The van der Waals surface area contributed by atoms with Crippen molar-refractivity contribution in [2.24, 2.45) is 0 Å². The molecule has 1 aromatic heterocycles. The molecule has 1 aliphatic heterocycles. The van der Waals surface area contributed by atoms with E-state index in [1.807, 2.05) is 11.5 Å². The molecule has 1 aliphatic rings. The Morgan fingerprint density at radius 2 is 2.33 bits per heavy atom. The molecule has 1 saturated heterocycles. The number of aryl methyl sites for hydroxylation is 1. The van der Waals surface area contributed by atoms with Gasteiger partial charge in [-0.25, -0.2) is 13.4 Å². The highest BCUT2D eigenvalue weighted by atomic mass is 32.2. The van der Waals surface area contributed by atoms with E-state index in [0.717, 1.165) is 5.82 Å². The van der Waals surface area contributed by atoms with Crippen molar-refractivity contribution in [2.75, 3.05) is 18.8 Å². The molecular weight excluding hydrogens is 253 g/mol. The van der Waals surface area contributed by atoms with Gasteiger partial charge in [0.05, 0.1) is 11.0 Å². The number of sulfone groups is 1. The van der Waals surface area contributed by atoms with Crippen LogP contribution >= 0.6 is 0 Å². The van der Waals surface area contributed by atoms with Crippen LogP contribution in [0.1, 0.15) is 5.82 Å². The van der Waals surface area contributed by atoms with Crippen LogP contribution in [0.25, 0.3) is 0 Å². The molecule has 0 amide bonds. The van der Waals surface area contributed by atoms with Crippen LogP contribution in [-0.4, -0.2) is 58.9 Å². The van der Waals surface area contributed by atoms with Gasteiger partial charge in [0.2, 0.25) is 0 Å². The van der Waals surface area contributed by atoms with Gasteiger partial charge >= 0.3 is 7.05 Å². The Morgan fingerprint density at radius 3 is 2.89 bits per heavy atom. The Morgan fingerprint density at radius 1 is 1.61 bits per heavy atom. The summed E-state index contributed by atoms with van der Waals surface area (Å²) in [5.74, 6) is 0.912. The van der Waals surface area contributed by atoms with Crippen LogP contribution in [0.3, 0.4) is 0 Å². The van der Waals surface area contributed by atoms with Gasteiger partial charge in [-0.15, -0.1) is 0 Å². The lowest BCUT2D eigenvalue weighted by Gasteiger charge is -2.33. The largest absolute Gasteiger partial charge is 0.437 e. The van der Waals surface area contributed by atoms with E-state index in [9.17, 15) is 13.4 Å². The van der Waals surface area contributed by atoms with Crippen LogP contribution in [0.5, 0.6) is 0 Å². The van der Waals surface area contributed by atoms with Gasteiger partial charge in [-0.2, -0.15) is 0 Å². The molecule has 1 aromatic rings. The Kier molecular flexibility index (Phi) is 3.79. The second-order valence-electron chi connectivity index (χ2n) is 4.74. The van der Waals surface area contributed by atoms with Crippen LogP contribution in [-0.2, 0) is 16.4 Å². The third kappa shape index (κ3) is 2.76. The number of aromatic nitrogens is 2. The summed E-state index contributed by atoms with van der Waals surface area (Å²) in [7, 11) is -3.69. The van der Waals surface area contributed by atoms with Crippen molar-refractivity contribution in [3.63, 3.8) is 0 Å². The zero-order valence-corrected chi connectivity index (χ0v) is 11.5. The van der Waals surface area contributed by atoms with Gasteiger partial charge in [0.15, 0.2) is 9.84 Å². The number of nitrogens with zero attached hydrogens (tertiary/aromatic N) is 3. The fourth-order valence-electron chi connectivity index (χ4n) is 2.20. The van der Waals surface area contributed by atoms with Gasteiger partial charge in [-0.3, -0.25) is 0 Å². The van der Waals surface area contributed by atoms with Gasteiger partial charge in [-0.05, 0) is 13.7 Å². The molecule has 2 rings (SSSR count). The Bertz CT molecular complexity index is 514. The van der Waals surface area contributed by atoms with Gasteiger partial charge in [0.25, 0.3) is 0 Å². The molecule has 0 aliphatic carbocycles. The number of hydrogen-bond acceptors (Lipinski definition) is 5. The van der Waals surface area contributed by atoms with E-state index in [0.29, 0.717) is 19.6 Å². The predicted octanol–water partition coefficient (Wildman–Crippen LogP) is -0.599. The summed E-state index contributed by atoms with van der Waals surface area (Å²) in [6.07, 6.45) is 3.45. The third-order valence-corrected chi connectivity index (χ3v) is 5.53. The molecule has 0 spiro atoms. The minimum Gasteiger partial charge on any atom is -0.437 e. The summed E-state index contributed by atoms with van der Waals surface area (Å²) in [6, 6.07) is 0. The van der Waals surface area contributed by atoms with E-state index in [4.69, 9.17) is 0 Å². The quantitative estimate of drug-likeness (QED) is 0.743. The first-order valence-corrected chi connectivity index (χ1v) is 7.73. The zero-order valence-electron chi connectivity index (χ0n) is 10.7. The molecule has 1 atom stereocenters. The van der Waals surface area contributed by atoms with Gasteiger partial charge in [0, 0.05) is 32.0 Å². The summed E-state index contributed by atoms with van der Waals surface area (Å²) < 4.78 is 25.9. The second-order valence-corrected chi connectivity index (χ2v) is 7.14. The van der Waals surface area contributed by atoms with Crippen molar-refractivity contribution in [1.29, 1.82) is 0 Å². The summed E-state index contributed by atoms with van der Waals surface area (Å²) in [4.78, 5) is 5.88. The van der Waals surface area contributed by atoms with Crippen molar-refractivity contribution in [3.05, 3.63) is 18.2 Å². The summed E-state index contributed by atoms with van der Waals surface area (Å²) >= 11 is 0. The maximum atomic E-state index is 12.0. The molecule has 1 N–H and O–H groups in total. The normalized spacial score (nSPS) is 24.1. The summed E-state index contributed by atoms with van der Waals surface area (Å²) in [5.41, 5.74) is 0. The van der Waals surface area contributed by atoms with Gasteiger partial charge in [0.1, 0.15) is 5.82 Å². The fourth-order valence-corrected chi connectivity index (χ4v) is 3.83. The monoisotopic (exact) mass is 271 g/mol. The molecular formula is C10H18BN3O3S. The van der Waals surface area contributed by atoms with Crippen LogP contribution < -0.4 is 0 Å².